The van der Waals surface area contributed by atoms with Gasteiger partial charge >= 0.3 is 0 Å². The number of aryl methyl sites for hydroxylation is 1. The van der Waals surface area contributed by atoms with Crippen molar-refractivity contribution < 1.29 is 9.53 Å². The maximum absolute atomic E-state index is 12.0. The van der Waals surface area contributed by atoms with Crippen LogP contribution in [-0.4, -0.2) is 53.9 Å². The zero-order valence-corrected chi connectivity index (χ0v) is 18.1. The summed E-state index contributed by atoms with van der Waals surface area (Å²) >= 11 is 0. The highest BCUT2D eigenvalue weighted by Crippen LogP contribution is 2.40. The molecule has 8 heteroatoms. The maximum atomic E-state index is 12.0. The van der Waals surface area contributed by atoms with Gasteiger partial charge in [-0.05, 0) is 13.0 Å². The molecule has 0 radical (unpaired) electrons. The number of hydrogen-bond donors (Lipinski definition) is 0. The van der Waals surface area contributed by atoms with Gasteiger partial charge in [-0.2, -0.15) is 10.2 Å². The maximum Gasteiger partial charge on any atom is 0.240 e. The van der Waals surface area contributed by atoms with Gasteiger partial charge in [-0.1, -0.05) is 20.8 Å². The molecule has 0 saturated heterocycles. The third-order valence-electron chi connectivity index (χ3n) is 5.46. The topological polar surface area (TPSA) is 77.6 Å². The van der Waals surface area contributed by atoms with Crippen LogP contribution in [0.3, 0.4) is 0 Å². The van der Waals surface area contributed by atoms with Crippen molar-refractivity contribution in [2.75, 3.05) is 7.05 Å². The standard InChI is InChI=1S/C19H24N6O2.C2H6/c1-5-17(26)24(4)19(2)8-14(9-19)27-18-16-6-7-20-25(16)12-15(22-18)13-10-21-23(3)11-13;1-2/h6-7,10-12,14H,5,8-9H2,1-4H3;1-2H3. The fraction of sp³-hybridized carbons (Fsp3) is 0.524. The van der Waals surface area contributed by atoms with Crippen LogP contribution in [0, 0.1) is 0 Å². The normalized spacial score (nSPS) is 20.6. The Balaban J connectivity index is 0.00000117. The monoisotopic (exact) mass is 398 g/mol. The summed E-state index contributed by atoms with van der Waals surface area (Å²) in [6, 6.07) is 1.89. The van der Waals surface area contributed by atoms with E-state index in [2.05, 4.69) is 17.1 Å². The van der Waals surface area contributed by atoms with Crippen LogP contribution < -0.4 is 4.74 Å². The Morgan fingerprint density at radius 1 is 1.31 bits per heavy atom. The van der Waals surface area contributed by atoms with Crippen molar-refractivity contribution in [2.45, 2.75) is 58.6 Å². The van der Waals surface area contributed by atoms with Crippen molar-refractivity contribution in [3.63, 3.8) is 0 Å². The lowest BCUT2D eigenvalue weighted by atomic mass is 9.74. The number of aromatic nitrogens is 5. The van der Waals surface area contributed by atoms with Gasteiger partial charge < -0.3 is 9.64 Å². The van der Waals surface area contributed by atoms with Crippen molar-refractivity contribution in [3.05, 3.63) is 30.9 Å². The Labute approximate surface area is 171 Å². The largest absolute Gasteiger partial charge is 0.473 e. The lowest BCUT2D eigenvalue weighted by Crippen LogP contribution is -2.59. The Morgan fingerprint density at radius 3 is 2.66 bits per heavy atom. The summed E-state index contributed by atoms with van der Waals surface area (Å²) in [7, 11) is 3.75. The van der Waals surface area contributed by atoms with E-state index in [9.17, 15) is 4.79 Å². The van der Waals surface area contributed by atoms with Crippen molar-refractivity contribution in [2.24, 2.45) is 7.05 Å². The average molecular weight is 399 g/mol. The fourth-order valence-corrected chi connectivity index (χ4v) is 3.65. The summed E-state index contributed by atoms with van der Waals surface area (Å²) in [6.07, 6.45) is 9.40. The van der Waals surface area contributed by atoms with Gasteiger partial charge in [-0.15, -0.1) is 0 Å². The Kier molecular flexibility index (Phi) is 5.91. The summed E-state index contributed by atoms with van der Waals surface area (Å²) in [5.74, 6) is 0.719. The highest BCUT2D eigenvalue weighted by molar-refractivity contribution is 5.76. The summed E-state index contributed by atoms with van der Waals surface area (Å²) in [5, 5.41) is 8.54. The molecule has 3 aromatic rings. The molecule has 0 unspecified atom stereocenters. The molecule has 0 atom stereocenters. The van der Waals surface area contributed by atoms with Crippen LogP contribution in [0.1, 0.15) is 47.0 Å². The quantitative estimate of drug-likeness (QED) is 0.659. The lowest BCUT2D eigenvalue weighted by molar-refractivity contribution is -0.142. The molecule has 3 aromatic heterocycles. The third kappa shape index (κ3) is 3.97. The Morgan fingerprint density at radius 2 is 2.03 bits per heavy atom. The van der Waals surface area contributed by atoms with Gasteiger partial charge in [-0.3, -0.25) is 9.48 Å². The molecule has 156 valence electrons. The van der Waals surface area contributed by atoms with Gasteiger partial charge in [0.25, 0.3) is 0 Å². The van der Waals surface area contributed by atoms with Crippen LogP contribution in [0.5, 0.6) is 5.88 Å². The molecule has 0 aliphatic heterocycles. The molecule has 0 aromatic carbocycles. The second kappa shape index (κ2) is 8.23. The molecule has 1 aliphatic carbocycles. The van der Waals surface area contributed by atoms with Gasteiger partial charge in [0, 0.05) is 50.7 Å². The van der Waals surface area contributed by atoms with Crippen molar-refractivity contribution >= 4 is 11.4 Å². The van der Waals surface area contributed by atoms with Gasteiger partial charge in [0.15, 0.2) is 0 Å². The van der Waals surface area contributed by atoms with E-state index in [1.54, 1.807) is 21.6 Å². The van der Waals surface area contributed by atoms with Crippen LogP contribution >= 0.6 is 0 Å². The second-order valence-corrected chi connectivity index (χ2v) is 7.45. The second-order valence-electron chi connectivity index (χ2n) is 7.45. The summed E-state index contributed by atoms with van der Waals surface area (Å²) in [5.41, 5.74) is 2.34. The Hall–Kier alpha value is -2.90. The van der Waals surface area contributed by atoms with E-state index in [1.165, 1.54) is 0 Å². The number of ether oxygens (including phenoxy) is 1. The van der Waals surface area contributed by atoms with E-state index >= 15 is 0 Å². The predicted octanol–water partition coefficient (Wildman–Crippen LogP) is 3.32. The molecule has 4 rings (SSSR count). The smallest absolute Gasteiger partial charge is 0.240 e. The van der Waals surface area contributed by atoms with Crippen molar-refractivity contribution in [3.8, 4) is 17.1 Å². The number of amides is 1. The zero-order chi connectivity index (χ0) is 21.2. The SMILES string of the molecule is CC.CCC(=O)N(C)C1(C)CC(Oc2nc(-c3cnn(C)c3)cn3nccc23)C1. The molecule has 1 amide bonds. The van der Waals surface area contributed by atoms with E-state index in [0.29, 0.717) is 12.3 Å². The fourth-order valence-electron chi connectivity index (χ4n) is 3.65. The van der Waals surface area contributed by atoms with Crippen LogP contribution in [-0.2, 0) is 11.8 Å². The number of rotatable bonds is 5. The molecular formula is C21H30N6O2. The van der Waals surface area contributed by atoms with Crippen LogP contribution in [0.4, 0.5) is 0 Å². The molecule has 1 saturated carbocycles. The number of fused-ring (bicyclic) bond motifs is 1. The van der Waals surface area contributed by atoms with E-state index in [4.69, 9.17) is 9.72 Å². The molecule has 3 heterocycles. The molecule has 29 heavy (non-hydrogen) atoms. The summed E-state index contributed by atoms with van der Waals surface area (Å²) in [6.45, 7) is 7.99. The van der Waals surface area contributed by atoms with E-state index in [1.807, 2.05) is 58.2 Å². The molecule has 0 N–H and O–H groups in total. The van der Waals surface area contributed by atoms with Gasteiger partial charge in [-0.25, -0.2) is 9.50 Å². The highest BCUT2D eigenvalue weighted by atomic mass is 16.5. The molecular weight excluding hydrogens is 368 g/mol. The number of carbonyl (C=O) groups excluding carboxylic acids is 1. The number of carbonyl (C=O) groups is 1. The molecule has 1 fully saturated rings. The molecule has 0 spiro atoms. The van der Waals surface area contributed by atoms with Crippen LogP contribution in [0.2, 0.25) is 0 Å². The predicted molar refractivity (Wildman–Crippen MR) is 112 cm³/mol. The van der Waals surface area contributed by atoms with E-state index in [-0.39, 0.29) is 17.6 Å². The highest BCUT2D eigenvalue weighted by Gasteiger charge is 2.46. The van der Waals surface area contributed by atoms with Gasteiger partial charge in [0.1, 0.15) is 11.6 Å². The Bertz CT molecular complexity index is 986. The summed E-state index contributed by atoms with van der Waals surface area (Å²) in [4.78, 5) is 18.6. The van der Waals surface area contributed by atoms with Crippen LogP contribution in [0.15, 0.2) is 30.9 Å². The van der Waals surface area contributed by atoms with Crippen molar-refractivity contribution in [1.82, 2.24) is 29.3 Å². The van der Waals surface area contributed by atoms with E-state index in [0.717, 1.165) is 29.6 Å². The molecule has 8 nitrogen and oxygen atoms in total. The first kappa shape index (κ1) is 20.8. The zero-order valence-electron chi connectivity index (χ0n) is 18.1. The first-order chi connectivity index (χ1) is 13.9. The first-order valence-corrected chi connectivity index (χ1v) is 10.2. The average Bonchev–Trinajstić information content (AvgIpc) is 3.35. The first-order valence-electron chi connectivity index (χ1n) is 10.2. The minimum atomic E-state index is -0.157. The summed E-state index contributed by atoms with van der Waals surface area (Å²) < 4.78 is 9.72. The lowest BCUT2D eigenvalue weighted by Gasteiger charge is -2.50. The number of hydrogen-bond acceptors (Lipinski definition) is 5. The van der Waals surface area contributed by atoms with Gasteiger partial charge in [0.2, 0.25) is 11.8 Å². The van der Waals surface area contributed by atoms with Crippen molar-refractivity contribution in [1.29, 1.82) is 0 Å². The molecule has 1 aliphatic rings. The molecule has 0 bridgehead atoms. The number of nitrogens with zero attached hydrogens (tertiary/aromatic N) is 6. The van der Waals surface area contributed by atoms with Gasteiger partial charge in [0.05, 0.1) is 24.3 Å². The minimum Gasteiger partial charge on any atom is -0.473 e. The van der Waals surface area contributed by atoms with E-state index < -0.39 is 0 Å². The minimum absolute atomic E-state index is 0.0254. The van der Waals surface area contributed by atoms with Crippen LogP contribution in [0.25, 0.3) is 16.8 Å². The third-order valence-corrected chi connectivity index (χ3v) is 5.46.